The van der Waals surface area contributed by atoms with Crippen molar-refractivity contribution < 1.29 is 14.6 Å². The molecule has 0 bridgehead atoms. The molecule has 0 aromatic rings. The highest BCUT2D eigenvalue weighted by Gasteiger charge is 2.06. The summed E-state index contributed by atoms with van der Waals surface area (Å²) >= 11 is 0. The van der Waals surface area contributed by atoms with E-state index in [1.807, 2.05) is 0 Å². The zero-order valence-electron chi connectivity index (χ0n) is 17.9. The van der Waals surface area contributed by atoms with Crippen LogP contribution in [-0.4, -0.2) is 31.0 Å². The molecule has 1 unspecified atom stereocenters. The maximum absolute atomic E-state index is 9.20. The van der Waals surface area contributed by atoms with Crippen LogP contribution in [0.5, 0.6) is 0 Å². The third-order valence-corrected chi connectivity index (χ3v) is 4.61. The van der Waals surface area contributed by atoms with Gasteiger partial charge in [0.05, 0.1) is 13.2 Å². The Labute approximate surface area is 168 Å². The van der Waals surface area contributed by atoms with E-state index in [-0.39, 0.29) is 12.7 Å². The molecule has 3 nitrogen and oxygen atoms in total. The summed E-state index contributed by atoms with van der Waals surface area (Å²) in [7, 11) is 0. The number of hydrogen-bond acceptors (Lipinski definition) is 3. The van der Waals surface area contributed by atoms with Crippen LogP contribution >= 0.6 is 0 Å². The van der Waals surface area contributed by atoms with E-state index in [1.54, 1.807) is 6.92 Å². The topological polar surface area (TPSA) is 38.7 Å². The molecule has 0 aliphatic rings. The Balaban J connectivity index is 3.26. The molecule has 1 atom stereocenters. The molecule has 0 rings (SSSR count). The second kappa shape index (κ2) is 22.9. The average molecular weight is 379 g/mol. The normalized spacial score (nSPS) is 11.2. The molecule has 0 radical (unpaired) electrons. The van der Waals surface area contributed by atoms with Gasteiger partial charge in [-0.05, 0) is 19.3 Å². The summed E-state index contributed by atoms with van der Waals surface area (Å²) in [5, 5.41) is 9.20. The van der Waals surface area contributed by atoms with Crippen LogP contribution in [0, 0.1) is 23.9 Å². The van der Waals surface area contributed by atoms with Crippen LogP contribution in [0.1, 0.15) is 104 Å². The molecular weight excluding hydrogens is 336 g/mol. The molecule has 0 fully saturated rings. The third-order valence-electron chi connectivity index (χ3n) is 4.61. The maximum Gasteiger partial charge on any atom is 0.157 e. The fourth-order valence-electron chi connectivity index (χ4n) is 2.94. The summed E-state index contributed by atoms with van der Waals surface area (Å²) in [6.07, 6.45) is 21.1. The summed E-state index contributed by atoms with van der Waals surface area (Å²) in [6, 6.07) is 0. The lowest BCUT2D eigenvalue weighted by atomic mass is 10.0. The molecule has 0 aromatic heterocycles. The van der Waals surface area contributed by atoms with E-state index in [1.165, 1.54) is 83.5 Å². The first kappa shape index (κ1) is 25.8. The van der Waals surface area contributed by atoms with E-state index in [0.717, 1.165) is 13.0 Å². The molecule has 1 N–H and O–H groups in total. The molecule has 0 saturated carbocycles. The summed E-state index contributed by atoms with van der Waals surface area (Å²) in [4.78, 5) is 0. The Bertz CT molecular complexity index is 411. The van der Waals surface area contributed by atoms with Gasteiger partial charge < -0.3 is 14.6 Å². The first-order valence-electron chi connectivity index (χ1n) is 11.1. The van der Waals surface area contributed by atoms with Crippen LogP contribution in [0.25, 0.3) is 0 Å². The molecule has 27 heavy (non-hydrogen) atoms. The molecular formula is C24H42O3. The zero-order valence-corrected chi connectivity index (χ0v) is 17.9. The second-order valence-corrected chi connectivity index (χ2v) is 7.20. The smallest absolute Gasteiger partial charge is 0.157 e. The van der Waals surface area contributed by atoms with Gasteiger partial charge in [-0.25, -0.2) is 0 Å². The van der Waals surface area contributed by atoms with Gasteiger partial charge in [0.15, 0.2) is 6.10 Å². The molecule has 0 heterocycles. The fourth-order valence-corrected chi connectivity index (χ4v) is 2.94. The Morgan fingerprint density at radius 1 is 0.741 bits per heavy atom. The van der Waals surface area contributed by atoms with E-state index in [2.05, 4.69) is 30.8 Å². The van der Waals surface area contributed by atoms with Crippen molar-refractivity contribution in [3.05, 3.63) is 0 Å². The van der Waals surface area contributed by atoms with E-state index < -0.39 is 0 Å². The predicted molar refractivity (Wildman–Crippen MR) is 114 cm³/mol. The van der Waals surface area contributed by atoms with Crippen molar-refractivity contribution in [2.45, 2.75) is 110 Å². The average Bonchev–Trinajstić information content (AvgIpc) is 2.69. The highest BCUT2D eigenvalue weighted by Crippen LogP contribution is 2.12. The number of hydrogen-bond donors (Lipinski definition) is 1. The number of aliphatic hydroxyl groups excluding tert-OH is 1. The van der Waals surface area contributed by atoms with Crippen molar-refractivity contribution in [1.29, 1.82) is 0 Å². The van der Waals surface area contributed by atoms with Crippen molar-refractivity contribution >= 4 is 0 Å². The van der Waals surface area contributed by atoms with Gasteiger partial charge >= 0.3 is 0 Å². The third kappa shape index (κ3) is 21.0. The Kier molecular flexibility index (Phi) is 21.9. The van der Waals surface area contributed by atoms with Crippen LogP contribution in [0.4, 0.5) is 0 Å². The number of ether oxygens (including phenoxy) is 2. The van der Waals surface area contributed by atoms with Crippen molar-refractivity contribution in [1.82, 2.24) is 0 Å². The first-order chi connectivity index (χ1) is 13.3. The van der Waals surface area contributed by atoms with Gasteiger partial charge in [0.1, 0.15) is 6.11 Å². The van der Waals surface area contributed by atoms with Crippen LogP contribution in [0.3, 0.4) is 0 Å². The minimum Gasteiger partial charge on any atom is -0.438 e. The van der Waals surface area contributed by atoms with E-state index >= 15 is 0 Å². The van der Waals surface area contributed by atoms with E-state index in [9.17, 15) is 5.11 Å². The summed E-state index contributed by atoms with van der Waals surface area (Å²) < 4.78 is 10.7. The van der Waals surface area contributed by atoms with Gasteiger partial charge in [-0.2, -0.15) is 0 Å². The van der Waals surface area contributed by atoms with Crippen molar-refractivity contribution in [3.63, 3.8) is 0 Å². The highest BCUT2D eigenvalue weighted by molar-refractivity contribution is 5.22. The Morgan fingerprint density at radius 3 is 1.74 bits per heavy atom. The van der Waals surface area contributed by atoms with Crippen LogP contribution in [0.15, 0.2) is 0 Å². The van der Waals surface area contributed by atoms with Gasteiger partial charge in [0.2, 0.25) is 0 Å². The van der Waals surface area contributed by atoms with Crippen molar-refractivity contribution in [3.8, 4) is 23.9 Å². The Morgan fingerprint density at radius 2 is 1.26 bits per heavy atom. The number of rotatable bonds is 19. The summed E-state index contributed by atoms with van der Waals surface area (Å²) in [6.45, 7) is 5.01. The monoisotopic (exact) mass is 378 g/mol. The van der Waals surface area contributed by atoms with Crippen LogP contribution in [-0.2, 0) is 9.47 Å². The second-order valence-electron chi connectivity index (χ2n) is 7.20. The quantitative estimate of drug-likeness (QED) is 0.226. The van der Waals surface area contributed by atoms with Gasteiger partial charge in [0.25, 0.3) is 0 Å². The fraction of sp³-hybridized carbons (Fsp3) is 0.833. The Hall–Kier alpha value is -1.16. The van der Waals surface area contributed by atoms with Crippen LogP contribution < -0.4 is 0 Å². The van der Waals surface area contributed by atoms with Crippen molar-refractivity contribution in [2.75, 3.05) is 19.8 Å². The summed E-state index contributed by atoms with van der Waals surface area (Å²) in [5.74, 6) is 7.81. The van der Waals surface area contributed by atoms with Gasteiger partial charge in [-0.1, -0.05) is 96.3 Å². The molecule has 0 saturated heterocycles. The lowest BCUT2D eigenvalue weighted by molar-refractivity contribution is 0.00479. The summed E-state index contributed by atoms with van der Waals surface area (Å²) in [5.41, 5.74) is 0. The molecule has 0 amide bonds. The molecule has 0 aliphatic carbocycles. The number of unbranched alkanes of at least 4 members (excludes halogenated alkanes) is 13. The van der Waals surface area contributed by atoms with Crippen LogP contribution in [0.2, 0.25) is 0 Å². The van der Waals surface area contributed by atoms with Gasteiger partial charge in [-0.15, -0.1) is 0 Å². The predicted octanol–water partition coefficient (Wildman–Crippen LogP) is 5.85. The maximum atomic E-state index is 9.20. The highest BCUT2D eigenvalue weighted by atomic mass is 16.5. The molecule has 3 heteroatoms. The minimum absolute atomic E-state index is 0.0903. The number of aliphatic hydroxyl groups is 1. The van der Waals surface area contributed by atoms with Gasteiger partial charge in [-0.3, -0.25) is 0 Å². The van der Waals surface area contributed by atoms with Crippen molar-refractivity contribution in [2.24, 2.45) is 0 Å². The largest absolute Gasteiger partial charge is 0.438 e. The SMILES string of the molecule is CC#CC#COC(CO)COCCCCCCCCCCCCCCCC. The van der Waals surface area contributed by atoms with E-state index in [4.69, 9.17) is 9.47 Å². The lowest BCUT2D eigenvalue weighted by Gasteiger charge is -2.12. The molecule has 0 aliphatic heterocycles. The van der Waals surface area contributed by atoms with E-state index in [0.29, 0.717) is 6.61 Å². The molecule has 0 spiro atoms. The first-order valence-corrected chi connectivity index (χ1v) is 11.1. The molecule has 0 aromatic carbocycles. The molecule has 156 valence electrons. The zero-order chi connectivity index (χ0) is 19.8. The standard InChI is InChI=1S/C24H42O3/c1-3-5-7-8-9-10-11-12-13-14-15-16-17-19-20-26-23-24(22-25)27-21-18-6-4-2/h24-25H,3,5,7-17,19-20,22-23H2,1-2H3. The lowest BCUT2D eigenvalue weighted by Crippen LogP contribution is -2.22. The van der Waals surface area contributed by atoms with Gasteiger partial charge in [0, 0.05) is 12.5 Å². The minimum atomic E-state index is -0.386.